The highest BCUT2D eigenvalue weighted by Crippen LogP contribution is 2.31. The van der Waals surface area contributed by atoms with Crippen LogP contribution in [-0.2, 0) is 11.2 Å². The van der Waals surface area contributed by atoms with Gasteiger partial charge >= 0.3 is 0 Å². The molecule has 1 heterocycles. The van der Waals surface area contributed by atoms with Crippen molar-refractivity contribution < 1.29 is 18.7 Å². The number of nitrogens with zero attached hydrogens (tertiary/aromatic N) is 1. The molecule has 3 rings (SSSR count). The van der Waals surface area contributed by atoms with Crippen LogP contribution in [0.15, 0.2) is 42.5 Å². The second kappa shape index (κ2) is 7.34. The second-order valence-corrected chi connectivity index (χ2v) is 5.84. The van der Waals surface area contributed by atoms with Gasteiger partial charge in [0.25, 0.3) is 5.91 Å². The Kier molecular flexibility index (Phi) is 4.97. The molecule has 0 spiro atoms. The Morgan fingerprint density at radius 1 is 1.28 bits per heavy atom. The van der Waals surface area contributed by atoms with Gasteiger partial charge in [-0.25, -0.2) is 4.39 Å². The number of rotatable bonds is 4. The molecule has 2 aromatic carbocycles. The van der Waals surface area contributed by atoms with Crippen molar-refractivity contribution in [1.29, 1.82) is 0 Å². The van der Waals surface area contributed by atoms with Crippen LogP contribution in [0.2, 0.25) is 0 Å². The molecule has 0 aromatic heterocycles. The Balaban J connectivity index is 1.64. The van der Waals surface area contributed by atoms with Crippen molar-refractivity contribution in [2.75, 3.05) is 25.1 Å². The van der Waals surface area contributed by atoms with Crippen molar-refractivity contribution >= 4 is 17.5 Å². The van der Waals surface area contributed by atoms with Crippen LogP contribution in [-0.4, -0.2) is 32.0 Å². The van der Waals surface area contributed by atoms with E-state index in [1.165, 1.54) is 12.1 Å². The molecule has 0 radical (unpaired) electrons. The lowest BCUT2D eigenvalue weighted by Gasteiger charge is -2.17. The van der Waals surface area contributed by atoms with Crippen LogP contribution >= 0.6 is 0 Å². The van der Waals surface area contributed by atoms with Crippen molar-refractivity contribution in [3.05, 3.63) is 59.4 Å². The van der Waals surface area contributed by atoms with E-state index in [-0.39, 0.29) is 11.5 Å². The molecule has 0 aliphatic carbocycles. The molecule has 0 saturated heterocycles. The number of nitrogens with one attached hydrogen (secondary N) is 1. The molecule has 25 heavy (non-hydrogen) atoms. The summed E-state index contributed by atoms with van der Waals surface area (Å²) in [5, 5.41) is 2.71. The van der Waals surface area contributed by atoms with Gasteiger partial charge in [0.05, 0.1) is 24.3 Å². The lowest BCUT2D eigenvalue weighted by molar-refractivity contribution is -0.118. The Hall–Kier alpha value is -2.89. The van der Waals surface area contributed by atoms with E-state index in [4.69, 9.17) is 4.74 Å². The normalized spacial score (nSPS) is 13.7. The third-order valence-electron chi connectivity index (χ3n) is 4.15. The number of carbonyl (C=O) groups is 2. The monoisotopic (exact) mass is 342 g/mol. The minimum Gasteiger partial charge on any atom is -0.491 e. The number of ether oxygens (including phenoxy) is 1. The first-order valence-electron chi connectivity index (χ1n) is 8.11. The second-order valence-electron chi connectivity index (χ2n) is 5.84. The lowest BCUT2D eigenvalue weighted by atomic mass is 10.1. The topological polar surface area (TPSA) is 58.6 Å². The number of carbonyl (C=O) groups excluding carboxylic acids is 2. The molecule has 0 saturated carbocycles. The molecule has 1 aliphatic rings. The third kappa shape index (κ3) is 3.79. The molecule has 1 N–H and O–H groups in total. The van der Waals surface area contributed by atoms with Gasteiger partial charge in [-0.05, 0) is 36.2 Å². The maximum absolute atomic E-state index is 13.6. The number of fused-ring (bicyclic) bond motifs is 1. The van der Waals surface area contributed by atoms with E-state index in [2.05, 4.69) is 5.32 Å². The van der Waals surface area contributed by atoms with E-state index in [9.17, 15) is 14.0 Å². The molecule has 5 nitrogen and oxygen atoms in total. The van der Waals surface area contributed by atoms with Crippen LogP contribution in [0.3, 0.4) is 0 Å². The molecular weight excluding hydrogens is 323 g/mol. The van der Waals surface area contributed by atoms with Gasteiger partial charge < -0.3 is 15.0 Å². The zero-order chi connectivity index (χ0) is 17.8. The van der Waals surface area contributed by atoms with Crippen LogP contribution in [0.4, 0.5) is 10.1 Å². The fourth-order valence-electron chi connectivity index (χ4n) is 2.71. The maximum Gasteiger partial charge on any atom is 0.254 e. The molecule has 2 amide bonds. The zero-order valence-corrected chi connectivity index (χ0v) is 13.9. The van der Waals surface area contributed by atoms with Crippen LogP contribution in [0.5, 0.6) is 5.75 Å². The quantitative estimate of drug-likeness (QED) is 0.929. The maximum atomic E-state index is 13.6. The predicted octanol–water partition coefficient (Wildman–Crippen LogP) is 2.54. The first kappa shape index (κ1) is 17.0. The summed E-state index contributed by atoms with van der Waals surface area (Å²) >= 11 is 0. The highest BCUT2D eigenvalue weighted by atomic mass is 19.1. The predicted molar refractivity (Wildman–Crippen MR) is 92.4 cm³/mol. The molecule has 1 aliphatic heterocycles. The summed E-state index contributed by atoms with van der Waals surface area (Å²) in [6, 6.07) is 11.5. The summed E-state index contributed by atoms with van der Waals surface area (Å²) in [7, 11) is 1.72. The molecule has 0 bridgehead atoms. The van der Waals surface area contributed by atoms with Crippen molar-refractivity contribution in [2.24, 2.45) is 0 Å². The van der Waals surface area contributed by atoms with Crippen molar-refractivity contribution in [1.82, 2.24) is 5.32 Å². The van der Waals surface area contributed by atoms with E-state index < -0.39 is 11.7 Å². The van der Waals surface area contributed by atoms with Gasteiger partial charge in [-0.3, -0.25) is 9.59 Å². The molecule has 2 aromatic rings. The molecule has 0 unspecified atom stereocenters. The first-order valence-corrected chi connectivity index (χ1v) is 8.11. The number of hydrogen-bond donors (Lipinski definition) is 1. The van der Waals surface area contributed by atoms with Crippen molar-refractivity contribution in [3.8, 4) is 5.75 Å². The van der Waals surface area contributed by atoms with Gasteiger partial charge in [0, 0.05) is 13.6 Å². The molecule has 0 fully saturated rings. The number of halogens is 1. The third-order valence-corrected chi connectivity index (χ3v) is 4.15. The highest BCUT2D eigenvalue weighted by molar-refractivity contribution is 5.95. The van der Waals surface area contributed by atoms with E-state index >= 15 is 0 Å². The summed E-state index contributed by atoms with van der Waals surface area (Å²) in [6.45, 7) is 0.735. The lowest BCUT2D eigenvalue weighted by Crippen LogP contribution is -2.27. The largest absolute Gasteiger partial charge is 0.491 e. The average Bonchev–Trinajstić information content (AvgIpc) is 2.75. The smallest absolute Gasteiger partial charge is 0.254 e. The summed E-state index contributed by atoms with van der Waals surface area (Å²) in [6.07, 6.45) is 0.911. The van der Waals surface area contributed by atoms with Gasteiger partial charge in [0.1, 0.15) is 11.6 Å². The standard InChI is InChI=1S/C19H19FN2O3/c1-22-16-12-13(6-7-17(16)25-11-9-18(22)23)8-10-21-19(24)14-4-2-3-5-15(14)20/h2-7,12H,8-11H2,1H3,(H,21,24). The number of hydrogen-bond acceptors (Lipinski definition) is 3. The summed E-state index contributed by atoms with van der Waals surface area (Å²) in [5.74, 6) is -0.304. The van der Waals surface area contributed by atoms with Gasteiger partial charge in [0.2, 0.25) is 5.91 Å². The van der Waals surface area contributed by atoms with Crippen molar-refractivity contribution in [2.45, 2.75) is 12.8 Å². The van der Waals surface area contributed by atoms with E-state index in [1.807, 2.05) is 18.2 Å². The molecule has 0 atom stereocenters. The summed E-state index contributed by atoms with van der Waals surface area (Å²) < 4.78 is 19.2. The number of anilines is 1. The Bertz CT molecular complexity index is 807. The summed E-state index contributed by atoms with van der Waals surface area (Å²) in [5.41, 5.74) is 1.71. The Morgan fingerprint density at radius 3 is 2.88 bits per heavy atom. The van der Waals surface area contributed by atoms with Gasteiger partial charge in [-0.15, -0.1) is 0 Å². The van der Waals surface area contributed by atoms with Crippen LogP contribution in [0, 0.1) is 5.82 Å². The number of amides is 2. The minimum absolute atomic E-state index is 0.00348. The first-order chi connectivity index (χ1) is 12.1. The van der Waals surface area contributed by atoms with Gasteiger partial charge in [-0.1, -0.05) is 18.2 Å². The number of benzene rings is 2. The summed E-state index contributed by atoms with van der Waals surface area (Å²) in [4.78, 5) is 25.5. The van der Waals surface area contributed by atoms with E-state index in [0.717, 1.165) is 11.3 Å². The van der Waals surface area contributed by atoms with E-state index in [0.29, 0.717) is 31.7 Å². The van der Waals surface area contributed by atoms with Gasteiger partial charge in [0.15, 0.2) is 0 Å². The fraction of sp³-hybridized carbons (Fsp3) is 0.263. The van der Waals surface area contributed by atoms with E-state index in [1.54, 1.807) is 24.1 Å². The SMILES string of the molecule is CN1C(=O)CCOc2ccc(CCNC(=O)c3ccccc3F)cc21. The Morgan fingerprint density at radius 2 is 2.08 bits per heavy atom. The van der Waals surface area contributed by atoms with Crippen molar-refractivity contribution in [3.63, 3.8) is 0 Å². The minimum atomic E-state index is -0.540. The van der Waals surface area contributed by atoms with Crippen LogP contribution < -0.4 is 15.0 Å². The molecule has 130 valence electrons. The zero-order valence-electron chi connectivity index (χ0n) is 13.9. The fourth-order valence-corrected chi connectivity index (χ4v) is 2.71. The molecular formula is C19H19FN2O3. The highest BCUT2D eigenvalue weighted by Gasteiger charge is 2.20. The van der Waals surface area contributed by atoms with Gasteiger partial charge in [-0.2, -0.15) is 0 Å². The average molecular weight is 342 g/mol. The van der Waals surface area contributed by atoms with Crippen LogP contribution in [0.25, 0.3) is 0 Å². The van der Waals surface area contributed by atoms with Crippen LogP contribution in [0.1, 0.15) is 22.3 Å². The Labute approximate surface area is 145 Å². The molecule has 6 heteroatoms.